The predicted octanol–water partition coefficient (Wildman–Crippen LogP) is 7.25. The Kier molecular flexibility index (Phi) is 9.44. The van der Waals surface area contributed by atoms with E-state index in [-0.39, 0.29) is 57.7 Å². The largest absolute Gasteiger partial charge is 0.507 e. The molecule has 6 heteroatoms. The van der Waals surface area contributed by atoms with Gasteiger partial charge in [-0.3, -0.25) is 10.2 Å². The van der Waals surface area contributed by atoms with Crippen LogP contribution in [0.15, 0.2) is 36.4 Å². The summed E-state index contributed by atoms with van der Waals surface area (Å²) in [5.74, 6) is 1.68. The van der Waals surface area contributed by atoms with Gasteiger partial charge in [-0.1, -0.05) is 73.1 Å². The normalized spacial score (nSPS) is 18.2. The van der Waals surface area contributed by atoms with Gasteiger partial charge in [-0.2, -0.15) is 0 Å². The number of benzene rings is 2. The molecule has 0 amide bonds. The van der Waals surface area contributed by atoms with E-state index in [0.717, 1.165) is 35.3 Å². The number of para-hydroxylation sites is 1. The van der Waals surface area contributed by atoms with Crippen molar-refractivity contribution in [3.8, 4) is 11.5 Å². The highest BCUT2D eigenvalue weighted by Gasteiger charge is 2.40. The number of Topliss-reactive ketones (excluding diaryl/α,β-unsaturated/α-hetero) is 1. The monoisotopic (exact) mass is 558 g/mol. The highest BCUT2D eigenvalue weighted by atomic mass is 79.9. The summed E-state index contributed by atoms with van der Waals surface area (Å²) >= 11 is 0. The third kappa shape index (κ3) is 6.13. The van der Waals surface area contributed by atoms with E-state index in [1.165, 1.54) is 0 Å². The van der Waals surface area contributed by atoms with Crippen molar-refractivity contribution in [3.63, 3.8) is 0 Å². The summed E-state index contributed by atoms with van der Waals surface area (Å²) in [5, 5.41) is 20.1. The summed E-state index contributed by atoms with van der Waals surface area (Å²) < 4.78 is 5.61. The molecule has 0 bridgehead atoms. The highest BCUT2D eigenvalue weighted by Crippen LogP contribution is 2.42. The van der Waals surface area contributed by atoms with E-state index in [2.05, 4.69) is 6.92 Å². The maximum atomic E-state index is 13.6. The van der Waals surface area contributed by atoms with Gasteiger partial charge >= 0.3 is 0 Å². The van der Waals surface area contributed by atoms with E-state index in [1.54, 1.807) is 7.11 Å². The fourth-order valence-electron chi connectivity index (χ4n) is 5.21. The molecule has 198 valence electrons. The fraction of sp³-hybridized carbons (Fsp3) is 0.533. The maximum absolute atomic E-state index is 13.6. The molecule has 2 atom stereocenters. The Balaban J connectivity index is 0.00000456. The number of halogens is 1. The van der Waals surface area contributed by atoms with Crippen LogP contribution in [0.1, 0.15) is 94.3 Å². The second-order valence-electron chi connectivity index (χ2n) is 11.9. The second-order valence-corrected chi connectivity index (χ2v) is 11.9. The molecule has 2 N–H and O–H groups in total. The molecule has 1 aliphatic heterocycles. The van der Waals surface area contributed by atoms with E-state index in [1.807, 2.05) is 82.8 Å². The molecule has 0 aliphatic carbocycles. The number of aromatic hydroxyl groups is 1. The van der Waals surface area contributed by atoms with Crippen LogP contribution in [0, 0.1) is 11.3 Å². The predicted molar refractivity (Wildman–Crippen MR) is 154 cm³/mol. The lowest BCUT2D eigenvalue weighted by Crippen LogP contribution is -2.32. The Morgan fingerprint density at radius 2 is 1.64 bits per heavy atom. The first-order valence-electron chi connectivity index (χ1n) is 12.7. The van der Waals surface area contributed by atoms with Crippen molar-refractivity contribution in [2.75, 3.05) is 20.2 Å². The quantitative estimate of drug-likeness (QED) is 0.351. The fourth-order valence-corrected chi connectivity index (χ4v) is 5.21. The number of amidine groups is 1. The standard InChI is InChI=1S/C30H42N2O3.BrH/c1-9-12-19-17-32(28(31)26(19)21-13-10-11-14-25(21)35-8)18-24(33)20-15-22(29(2,3)4)27(34)23(16-20)30(5,6)7;/h10-11,13-16,19,26,31,34H,9,12,17-18H2,1-8H3;1H/t19-,26-;/m0./s1. The third-order valence-electron chi connectivity index (χ3n) is 7.08. The SMILES string of the molecule is Br.CCC[C@H]1CN(CC(=O)c2cc(C(C)(C)C)c(O)c(C(C)(C)C)c2)C(=N)[C@@H]1c1ccccc1OC. The molecule has 0 unspecified atom stereocenters. The summed E-state index contributed by atoms with van der Waals surface area (Å²) in [6.45, 7) is 15.3. The van der Waals surface area contributed by atoms with E-state index < -0.39 is 0 Å². The summed E-state index contributed by atoms with van der Waals surface area (Å²) in [4.78, 5) is 15.5. The van der Waals surface area contributed by atoms with Gasteiger partial charge in [0.15, 0.2) is 5.78 Å². The average molecular weight is 560 g/mol. The van der Waals surface area contributed by atoms with Crippen LogP contribution in [0.3, 0.4) is 0 Å². The molecule has 36 heavy (non-hydrogen) atoms. The van der Waals surface area contributed by atoms with Crippen LogP contribution in [0.25, 0.3) is 0 Å². The smallest absolute Gasteiger partial charge is 0.182 e. The molecule has 1 saturated heterocycles. The number of nitrogens with one attached hydrogen (secondary N) is 1. The van der Waals surface area contributed by atoms with Gasteiger partial charge in [-0.25, -0.2) is 0 Å². The summed E-state index contributed by atoms with van der Waals surface area (Å²) in [6.07, 6.45) is 2.00. The maximum Gasteiger partial charge on any atom is 0.182 e. The topological polar surface area (TPSA) is 73.6 Å². The van der Waals surface area contributed by atoms with Gasteiger partial charge in [0.2, 0.25) is 0 Å². The molecular formula is C30H43BrN2O3. The van der Waals surface area contributed by atoms with Crippen LogP contribution in [0.2, 0.25) is 0 Å². The Morgan fingerprint density at radius 1 is 1.08 bits per heavy atom. The van der Waals surface area contributed by atoms with Crippen LogP contribution in [-0.4, -0.2) is 41.8 Å². The number of carbonyl (C=O) groups is 1. The zero-order valence-corrected chi connectivity index (χ0v) is 24.8. The molecular weight excluding hydrogens is 516 g/mol. The van der Waals surface area contributed by atoms with Gasteiger partial charge in [0.25, 0.3) is 0 Å². The van der Waals surface area contributed by atoms with E-state index in [4.69, 9.17) is 10.1 Å². The van der Waals surface area contributed by atoms with Crippen molar-refractivity contribution >= 4 is 28.6 Å². The summed E-state index contributed by atoms with van der Waals surface area (Å²) in [5.41, 5.74) is 2.56. The summed E-state index contributed by atoms with van der Waals surface area (Å²) in [7, 11) is 1.66. The minimum atomic E-state index is -0.304. The number of rotatable bonds is 7. The van der Waals surface area contributed by atoms with Gasteiger partial charge in [-0.05, 0) is 41.4 Å². The molecule has 5 nitrogen and oxygen atoms in total. The van der Waals surface area contributed by atoms with Crippen molar-refractivity contribution < 1.29 is 14.6 Å². The molecule has 1 heterocycles. The lowest BCUT2D eigenvalue weighted by molar-refractivity contribution is 0.0963. The van der Waals surface area contributed by atoms with Crippen molar-refractivity contribution in [1.29, 1.82) is 5.41 Å². The zero-order chi connectivity index (χ0) is 26.1. The van der Waals surface area contributed by atoms with E-state index in [0.29, 0.717) is 17.9 Å². The van der Waals surface area contributed by atoms with Crippen molar-refractivity contribution in [1.82, 2.24) is 4.90 Å². The van der Waals surface area contributed by atoms with Gasteiger partial charge in [-0.15, -0.1) is 17.0 Å². The lowest BCUT2D eigenvalue weighted by Gasteiger charge is -2.28. The average Bonchev–Trinajstić information content (AvgIpc) is 3.06. The minimum absolute atomic E-state index is 0. The minimum Gasteiger partial charge on any atom is -0.507 e. The van der Waals surface area contributed by atoms with Gasteiger partial charge in [0.1, 0.15) is 17.3 Å². The number of carbonyl (C=O) groups excluding carboxylic acids is 1. The highest BCUT2D eigenvalue weighted by molar-refractivity contribution is 8.93. The van der Waals surface area contributed by atoms with Crippen LogP contribution >= 0.6 is 17.0 Å². The number of phenols is 1. The molecule has 0 spiro atoms. The number of hydrogen-bond acceptors (Lipinski definition) is 4. The molecule has 1 aliphatic rings. The number of nitrogens with zero attached hydrogens (tertiary/aromatic N) is 1. The van der Waals surface area contributed by atoms with Crippen LogP contribution in [0.5, 0.6) is 11.5 Å². The first-order chi connectivity index (χ1) is 16.3. The summed E-state index contributed by atoms with van der Waals surface area (Å²) in [6, 6.07) is 11.6. The molecule has 0 aromatic heterocycles. The molecule has 2 aromatic carbocycles. The van der Waals surface area contributed by atoms with Crippen LogP contribution < -0.4 is 4.74 Å². The Morgan fingerprint density at radius 3 is 2.14 bits per heavy atom. The van der Waals surface area contributed by atoms with Crippen molar-refractivity contribution in [2.24, 2.45) is 5.92 Å². The molecule has 2 aromatic rings. The van der Waals surface area contributed by atoms with E-state index in [9.17, 15) is 9.90 Å². The van der Waals surface area contributed by atoms with Crippen LogP contribution in [-0.2, 0) is 10.8 Å². The number of phenolic OH excluding ortho intramolecular Hbond substituents is 1. The first-order valence-corrected chi connectivity index (χ1v) is 12.7. The number of ether oxygens (including phenoxy) is 1. The number of hydrogen-bond donors (Lipinski definition) is 2. The molecule has 1 fully saturated rings. The first kappa shape index (κ1) is 29.9. The molecule has 0 saturated carbocycles. The Labute approximate surface area is 227 Å². The molecule has 3 rings (SSSR count). The number of likely N-dealkylation sites (tertiary alicyclic amines) is 1. The zero-order valence-electron chi connectivity index (χ0n) is 23.1. The Bertz CT molecular complexity index is 1060. The van der Waals surface area contributed by atoms with Gasteiger partial charge in [0.05, 0.1) is 13.7 Å². The van der Waals surface area contributed by atoms with Gasteiger partial charge in [0, 0.05) is 34.7 Å². The van der Waals surface area contributed by atoms with Gasteiger partial charge < -0.3 is 14.7 Å². The lowest BCUT2D eigenvalue weighted by atomic mass is 9.78. The third-order valence-corrected chi connectivity index (χ3v) is 7.08. The molecule has 0 radical (unpaired) electrons. The van der Waals surface area contributed by atoms with Crippen molar-refractivity contribution in [3.05, 3.63) is 58.7 Å². The second kappa shape index (κ2) is 11.4. The van der Waals surface area contributed by atoms with E-state index >= 15 is 0 Å². The van der Waals surface area contributed by atoms with Crippen molar-refractivity contribution in [2.45, 2.75) is 78.1 Å². The van der Waals surface area contributed by atoms with Crippen LogP contribution in [0.4, 0.5) is 0 Å². The number of methoxy groups -OCH3 is 1. The Hall–Kier alpha value is -2.34. The number of ketones is 1.